The molecule has 0 spiro atoms. The molecule has 0 aliphatic carbocycles. The fourth-order valence-corrected chi connectivity index (χ4v) is 3.60. The van der Waals surface area contributed by atoms with Crippen molar-refractivity contribution >= 4 is 16.0 Å². The zero-order valence-corrected chi connectivity index (χ0v) is 10.5. The van der Waals surface area contributed by atoms with Crippen LogP contribution in [0, 0.1) is 17.2 Å². The molecule has 2 unspecified atom stereocenters. The summed E-state index contributed by atoms with van der Waals surface area (Å²) in [5.74, 6) is -1.83. The van der Waals surface area contributed by atoms with Crippen molar-refractivity contribution in [2.75, 3.05) is 12.3 Å². The van der Waals surface area contributed by atoms with E-state index >= 15 is 0 Å². The highest BCUT2D eigenvalue weighted by Crippen LogP contribution is 2.25. The molecular weight excluding hydrogens is 244 g/mol. The summed E-state index contributed by atoms with van der Waals surface area (Å²) in [6, 6.07) is 1.60. The van der Waals surface area contributed by atoms with Crippen LogP contribution in [-0.4, -0.2) is 42.1 Å². The number of carboxylic acids is 1. The molecule has 0 aromatic carbocycles. The van der Waals surface area contributed by atoms with E-state index in [-0.39, 0.29) is 24.8 Å². The van der Waals surface area contributed by atoms with E-state index in [9.17, 15) is 13.2 Å². The molecule has 6 nitrogen and oxygen atoms in total. The van der Waals surface area contributed by atoms with E-state index in [2.05, 4.69) is 0 Å². The Bertz CT molecular complexity index is 426. The van der Waals surface area contributed by atoms with Crippen LogP contribution in [0.2, 0.25) is 0 Å². The Labute approximate surface area is 101 Å². The summed E-state index contributed by atoms with van der Waals surface area (Å²) >= 11 is 0. The first-order valence-corrected chi connectivity index (χ1v) is 7.08. The highest BCUT2D eigenvalue weighted by Gasteiger charge is 2.36. The summed E-state index contributed by atoms with van der Waals surface area (Å²) < 4.78 is 25.0. The number of carbonyl (C=O) groups is 1. The lowest BCUT2D eigenvalue weighted by molar-refractivity contribution is -0.143. The molecular formula is C10H16N2O4S. The molecule has 1 N–H and O–H groups in total. The van der Waals surface area contributed by atoms with Crippen LogP contribution >= 0.6 is 0 Å². The first-order valence-electron chi connectivity index (χ1n) is 5.47. The Balaban J connectivity index is 2.80. The van der Waals surface area contributed by atoms with Crippen LogP contribution in [0.3, 0.4) is 0 Å². The van der Waals surface area contributed by atoms with Gasteiger partial charge in [-0.1, -0.05) is 0 Å². The van der Waals surface area contributed by atoms with Gasteiger partial charge in [0.25, 0.3) is 0 Å². The van der Waals surface area contributed by atoms with Crippen LogP contribution in [0.1, 0.15) is 26.2 Å². The molecule has 0 aromatic rings. The average molecular weight is 260 g/mol. The predicted molar refractivity (Wildman–Crippen MR) is 60.5 cm³/mol. The van der Waals surface area contributed by atoms with Crippen LogP contribution in [0.4, 0.5) is 0 Å². The van der Waals surface area contributed by atoms with Gasteiger partial charge in [0.1, 0.15) is 0 Å². The molecule has 0 aromatic heterocycles. The summed E-state index contributed by atoms with van der Waals surface area (Å²) in [7, 11) is -3.51. The Morgan fingerprint density at radius 1 is 1.53 bits per heavy atom. The Kier molecular flexibility index (Phi) is 4.48. The van der Waals surface area contributed by atoms with Crippen molar-refractivity contribution in [3.63, 3.8) is 0 Å². The first kappa shape index (κ1) is 13.9. The number of carboxylic acid groups (broad SMARTS) is 1. The van der Waals surface area contributed by atoms with E-state index in [0.717, 1.165) is 0 Å². The van der Waals surface area contributed by atoms with Gasteiger partial charge >= 0.3 is 5.97 Å². The van der Waals surface area contributed by atoms with E-state index in [0.29, 0.717) is 12.8 Å². The molecule has 96 valence electrons. The number of nitriles is 1. The number of piperidine rings is 1. The molecule has 7 heteroatoms. The minimum absolute atomic E-state index is 0.0181. The van der Waals surface area contributed by atoms with Gasteiger partial charge < -0.3 is 5.11 Å². The molecule has 0 radical (unpaired) electrons. The molecule has 0 bridgehead atoms. The minimum atomic E-state index is -3.51. The zero-order chi connectivity index (χ0) is 13.1. The third kappa shape index (κ3) is 3.41. The summed E-state index contributed by atoms with van der Waals surface area (Å²) in [6.07, 6.45) is 0.979. The van der Waals surface area contributed by atoms with E-state index in [4.69, 9.17) is 10.4 Å². The quantitative estimate of drug-likeness (QED) is 0.789. The van der Waals surface area contributed by atoms with Gasteiger partial charge in [-0.2, -0.15) is 9.57 Å². The van der Waals surface area contributed by atoms with E-state index < -0.39 is 21.9 Å². The van der Waals surface area contributed by atoms with Gasteiger partial charge in [-0.05, 0) is 19.8 Å². The van der Waals surface area contributed by atoms with Crippen LogP contribution in [0.25, 0.3) is 0 Å². The van der Waals surface area contributed by atoms with Crippen LogP contribution < -0.4 is 0 Å². The number of hydrogen-bond donors (Lipinski definition) is 1. The zero-order valence-electron chi connectivity index (χ0n) is 9.66. The molecule has 17 heavy (non-hydrogen) atoms. The van der Waals surface area contributed by atoms with Gasteiger partial charge in [-0.25, -0.2) is 8.42 Å². The molecule has 0 amide bonds. The third-order valence-electron chi connectivity index (χ3n) is 3.00. The number of sulfonamides is 1. The van der Waals surface area contributed by atoms with Crippen LogP contribution in [0.5, 0.6) is 0 Å². The summed E-state index contributed by atoms with van der Waals surface area (Å²) in [5, 5.41) is 17.3. The lowest BCUT2D eigenvalue weighted by Crippen LogP contribution is -2.48. The molecule has 1 fully saturated rings. The van der Waals surface area contributed by atoms with E-state index in [1.54, 1.807) is 13.0 Å². The maximum atomic E-state index is 11.9. The van der Waals surface area contributed by atoms with E-state index in [1.165, 1.54) is 4.31 Å². The fraction of sp³-hybridized carbons (Fsp3) is 0.800. The monoisotopic (exact) mass is 260 g/mol. The van der Waals surface area contributed by atoms with Gasteiger partial charge in [0, 0.05) is 12.6 Å². The van der Waals surface area contributed by atoms with Crippen molar-refractivity contribution in [2.24, 2.45) is 5.92 Å². The standard InChI is InChI=1S/C10H16N2O4S/c1-8-3-4-9(10(13)14)7-12(8)17(15,16)6-2-5-11/h8-9H,2-4,6-7H2,1H3,(H,13,14). The maximum Gasteiger partial charge on any atom is 0.307 e. The summed E-state index contributed by atoms with van der Waals surface area (Å²) in [4.78, 5) is 10.9. The van der Waals surface area contributed by atoms with Gasteiger partial charge in [0.15, 0.2) is 0 Å². The van der Waals surface area contributed by atoms with Gasteiger partial charge in [0.05, 0.1) is 24.2 Å². The molecule has 0 saturated carbocycles. The topological polar surface area (TPSA) is 98.5 Å². The predicted octanol–water partition coefficient (Wildman–Crippen LogP) is 0.415. The smallest absolute Gasteiger partial charge is 0.307 e. The SMILES string of the molecule is CC1CCC(C(=O)O)CN1S(=O)(=O)CCC#N. The van der Waals surface area contributed by atoms with Crippen LogP contribution in [0.15, 0.2) is 0 Å². The van der Waals surface area contributed by atoms with Gasteiger partial charge in [0.2, 0.25) is 10.0 Å². The Morgan fingerprint density at radius 2 is 2.18 bits per heavy atom. The lowest BCUT2D eigenvalue weighted by atomic mass is 9.96. The largest absolute Gasteiger partial charge is 0.481 e. The number of hydrogen-bond acceptors (Lipinski definition) is 4. The molecule has 1 heterocycles. The maximum absolute atomic E-state index is 11.9. The molecule has 2 atom stereocenters. The molecule has 1 rings (SSSR count). The second-order valence-corrected chi connectivity index (χ2v) is 6.30. The van der Waals surface area contributed by atoms with Gasteiger partial charge in [-0.3, -0.25) is 4.79 Å². The summed E-state index contributed by atoms with van der Waals surface area (Å²) in [5.41, 5.74) is 0. The first-order chi connectivity index (χ1) is 7.88. The Morgan fingerprint density at radius 3 is 2.71 bits per heavy atom. The minimum Gasteiger partial charge on any atom is -0.481 e. The van der Waals surface area contributed by atoms with Crippen molar-refractivity contribution in [1.82, 2.24) is 4.31 Å². The molecule has 1 saturated heterocycles. The van der Waals surface area contributed by atoms with Crippen molar-refractivity contribution in [1.29, 1.82) is 5.26 Å². The van der Waals surface area contributed by atoms with Crippen molar-refractivity contribution in [2.45, 2.75) is 32.2 Å². The molecule has 1 aliphatic heterocycles. The Hall–Kier alpha value is -1.13. The van der Waals surface area contributed by atoms with Gasteiger partial charge in [-0.15, -0.1) is 0 Å². The van der Waals surface area contributed by atoms with Crippen molar-refractivity contribution in [3.05, 3.63) is 0 Å². The van der Waals surface area contributed by atoms with Crippen LogP contribution in [-0.2, 0) is 14.8 Å². The molecule has 1 aliphatic rings. The second-order valence-electron chi connectivity index (χ2n) is 4.26. The lowest BCUT2D eigenvalue weighted by Gasteiger charge is -2.35. The normalized spacial score (nSPS) is 26.4. The highest BCUT2D eigenvalue weighted by atomic mass is 32.2. The number of rotatable bonds is 4. The van der Waals surface area contributed by atoms with Crippen molar-refractivity contribution < 1.29 is 18.3 Å². The second kappa shape index (κ2) is 5.47. The number of aliphatic carboxylic acids is 1. The number of nitrogens with zero attached hydrogens (tertiary/aromatic N) is 2. The van der Waals surface area contributed by atoms with Crippen molar-refractivity contribution in [3.8, 4) is 6.07 Å². The average Bonchev–Trinajstić information content (AvgIpc) is 2.26. The third-order valence-corrected chi connectivity index (χ3v) is 4.95. The van der Waals surface area contributed by atoms with E-state index in [1.807, 2.05) is 0 Å². The summed E-state index contributed by atoms with van der Waals surface area (Å²) in [6.45, 7) is 1.78. The fourth-order valence-electron chi connectivity index (χ4n) is 1.96. The highest BCUT2D eigenvalue weighted by molar-refractivity contribution is 7.89.